The number of halogens is 3. The van der Waals surface area contributed by atoms with E-state index >= 15 is 0 Å². The molecule has 0 saturated carbocycles. The van der Waals surface area contributed by atoms with E-state index in [-0.39, 0.29) is 31.2 Å². The second kappa shape index (κ2) is 8.06. The zero-order valence-electron chi connectivity index (χ0n) is 14.3. The van der Waals surface area contributed by atoms with Gasteiger partial charge in [0.25, 0.3) is 5.69 Å². The normalized spacial score (nSPS) is 15.5. The van der Waals surface area contributed by atoms with E-state index in [0.717, 1.165) is 12.1 Å². The fourth-order valence-electron chi connectivity index (χ4n) is 2.88. The number of alkyl halides is 3. The Morgan fingerprint density at radius 3 is 2.57 bits per heavy atom. The Bertz CT molecular complexity index is 853. The highest BCUT2D eigenvalue weighted by molar-refractivity contribution is 7.13. The van der Waals surface area contributed by atoms with Gasteiger partial charge < -0.3 is 4.90 Å². The summed E-state index contributed by atoms with van der Waals surface area (Å²) >= 11 is 1.18. The fraction of sp³-hybridized carbons (Fsp3) is 0.400. The molecule has 1 fully saturated rings. The number of hydrogen-bond acceptors (Lipinski definition) is 8. The van der Waals surface area contributed by atoms with Crippen LogP contribution in [0.2, 0.25) is 0 Å². The molecule has 3 rings (SSSR count). The molecule has 1 aromatic carbocycles. The molecule has 2 aromatic rings. The lowest BCUT2D eigenvalue weighted by Gasteiger charge is -2.36. The van der Waals surface area contributed by atoms with Gasteiger partial charge in [-0.15, -0.1) is 10.2 Å². The molecule has 0 atom stereocenters. The number of carbonyl (C=O) groups excluding carboxylic acids is 1. The minimum absolute atomic E-state index is 0.0831. The largest absolute Gasteiger partial charge is 0.418 e. The van der Waals surface area contributed by atoms with Crippen molar-refractivity contribution in [3.8, 4) is 0 Å². The fourth-order valence-corrected chi connectivity index (χ4v) is 3.34. The molecule has 9 nitrogen and oxygen atoms in total. The summed E-state index contributed by atoms with van der Waals surface area (Å²) in [4.78, 5) is 25.3. The van der Waals surface area contributed by atoms with Gasteiger partial charge in [0.05, 0.1) is 17.0 Å². The Morgan fingerprint density at radius 1 is 1.29 bits per heavy atom. The van der Waals surface area contributed by atoms with Crippen LogP contribution in [0.5, 0.6) is 0 Å². The first-order valence-electron chi connectivity index (χ1n) is 8.13. The number of aromatic nitrogens is 2. The summed E-state index contributed by atoms with van der Waals surface area (Å²) in [6, 6.07) is 2.74. The molecule has 28 heavy (non-hydrogen) atoms. The Kier molecular flexibility index (Phi) is 5.74. The van der Waals surface area contributed by atoms with Crippen LogP contribution >= 0.6 is 11.3 Å². The standard InChI is InChI=1S/C15H15F3N6O3S/c16-15(17,18)11-7-10(24(26)27)1-2-12(11)23-5-3-22(4-6-23)8-13(25)20-14-21-19-9-28-14/h1-2,7,9H,3-6,8H2,(H,20,21,25). The maximum atomic E-state index is 13.4. The number of hydrogen-bond donors (Lipinski definition) is 1. The number of nitrogens with zero attached hydrogens (tertiary/aromatic N) is 5. The molecule has 150 valence electrons. The first kappa shape index (κ1) is 19.9. The van der Waals surface area contributed by atoms with Gasteiger partial charge in [-0.1, -0.05) is 11.3 Å². The zero-order valence-corrected chi connectivity index (χ0v) is 15.2. The number of piperazine rings is 1. The summed E-state index contributed by atoms with van der Waals surface area (Å²) in [5, 5.41) is 21.1. The van der Waals surface area contributed by atoms with Crippen LogP contribution in [0.1, 0.15) is 5.56 Å². The van der Waals surface area contributed by atoms with Gasteiger partial charge in [0.2, 0.25) is 11.0 Å². The van der Waals surface area contributed by atoms with Crippen LogP contribution < -0.4 is 10.2 Å². The SMILES string of the molecule is O=C(CN1CCN(c2ccc([N+](=O)[O-])cc2C(F)(F)F)CC1)Nc1nncs1. The number of carbonyl (C=O) groups is 1. The van der Waals surface area contributed by atoms with E-state index in [1.165, 1.54) is 21.7 Å². The Hall–Kier alpha value is -2.80. The van der Waals surface area contributed by atoms with E-state index in [2.05, 4.69) is 15.5 Å². The third-order valence-electron chi connectivity index (χ3n) is 4.18. The van der Waals surface area contributed by atoms with Crippen LogP contribution in [0.3, 0.4) is 0 Å². The van der Waals surface area contributed by atoms with E-state index < -0.39 is 22.4 Å². The Balaban J connectivity index is 1.64. The Labute approximate surface area is 160 Å². The summed E-state index contributed by atoms with van der Waals surface area (Å²) in [5.74, 6) is -0.281. The number of rotatable bonds is 5. The second-order valence-electron chi connectivity index (χ2n) is 6.01. The van der Waals surface area contributed by atoms with E-state index in [4.69, 9.17) is 0 Å². The lowest BCUT2D eigenvalue weighted by Crippen LogP contribution is -2.49. The molecular formula is C15H15F3N6O3S. The van der Waals surface area contributed by atoms with E-state index in [1.807, 2.05) is 4.90 Å². The summed E-state index contributed by atoms with van der Waals surface area (Å²) in [6.07, 6.45) is -4.71. The molecule has 0 aliphatic carbocycles. The number of amides is 1. The zero-order chi connectivity index (χ0) is 20.3. The van der Waals surface area contributed by atoms with Crippen molar-refractivity contribution in [1.82, 2.24) is 15.1 Å². The quantitative estimate of drug-likeness (QED) is 0.589. The molecule has 0 radical (unpaired) electrons. The van der Waals surface area contributed by atoms with Gasteiger partial charge in [0, 0.05) is 44.0 Å². The van der Waals surface area contributed by atoms with Crippen LogP contribution in [-0.2, 0) is 11.0 Å². The van der Waals surface area contributed by atoms with Crippen molar-refractivity contribution in [1.29, 1.82) is 0 Å². The number of nitro benzene ring substituents is 1. The molecule has 1 amide bonds. The number of anilines is 2. The first-order chi connectivity index (χ1) is 13.2. The maximum Gasteiger partial charge on any atom is 0.418 e. The summed E-state index contributed by atoms with van der Waals surface area (Å²) in [7, 11) is 0. The molecule has 13 heteroatoms. The third-order valence-corrected chi connectivity index (χ3v) is 4.79. The molecule has 1 saturated heterocycles. The summed E-state index contributed by atoms with van der Waals surface area (Å²) < 4.78 is 40.1. The van der Waals surface area contributed by atoms with Crippen LogP contribution in [0.25, 0.3) is 0 Å². The molecule has 1 N–H and O–H groups in total. The molecule has 1 aromatic heterocycles. The van der Waals surface area contributed by atoms with Crippen molar-refractivity contribution in [3.63, 3.8) is 0 Å². The monoisotopic (exact) mass is 416 g/mol. The maximum absolute atomic E-state index is 13.4. The van der Waals surface area contributed by atoms with Crippen molar-refractivity contribution in [2.24, 2.45) is 0 Å². The lowest BCUT2D eigenvalue weighted by molar-refractivity contribution is -0.385. The molecule has 1 aliphatic rings. The highest BCUT2D eigenvalue weighted by atomic mass is 32.1. The van der Waals surface area contributed by atoms with Gasteiger partial charge in [-0.2, -0.15) is 13.2 Å². The molecular weight excluding hydrogens is 401 g/mol. The van der Waals surface area contributed by atoms with Crippen LogP contribution in [0.15, 0.2) is 23.7 Å². The van der Waals surface area contributed by atoms with Crippen LogP contribution in [0.4, 0.5) is 29.7 Å². The average Bonchev–Trinajstić information content (AvgIpc) is 3.14. The van der Waals surface area contributed by atoms with Crippen molar-refractivity contribution in [2.75, 3.05) is 42.9 Å². The predicted octanol–water partition coefficient (Wildman–Crippen LogP) is 2.23. The minimum Gasteiger partial charge on any atom is -0.368 e. The first-order valence-corrected chi connectivity index (χ1v) is 9.01. The van der Waals surface area contributed by atoms with E-state index in [1.54, 1.807) is 0 Å². The number of non-ortho nitro benzene ring substituents is 1. The highest BCUT2D eigenvalue weighted by Gasteiger charge is 2.37. The van der Waals surface area contributed by atoms with Crippen molar-refractivity contribution in [3.05, 3.63) is 39.4 Å². The molecule has 0 unspecified atom stereocenters. The smallest absolute Gasteiger partial charge is 0.368 e. The summed E-state index contributed by atoms with van der Waals surface area (Å²) in [6.45, 7) is 1.34. The molecule has 0 spiro atoms. The molecule has 2 heterocycles. The number of nitro groups is 1. The summed E-state index contributed by atoms with van der Waals surface area (Å²) in [5.41, 5.74) is -0.264. The second-order valence-corrected chi connectivity index (χ2v) is 6.84. The van der Waals surface area contributed by atoms with Gasteiger partial charge in [-0.25, -0.2) is 0 Å². The van der Waals surface area contributed by atoms with Crippen molar-refractivity contribution in [2.45, 2.75) is 6.18 Å². The average molecular weight is 416 g/mol. The van der Waals surface area contributed by atoms with Crippen molar-refractivity contribution >= 4 is 33.8 Å². The van der Waals surface area contributed by atoms with Crippen LogP contribution in [0, 0.1) is 10.1 Å². The Morgan fingerprint density at radius 2 is 2.00 bits per heavy atom. The lowest BCUT2D eigenvalue weighted by atomic mass is 10.1. The van der Waals surface area contributed by atoms with E-state index in [0.29, 0.717) is 24.3 Å². The van der Waals surface area contributed by atoms with Gasteiger partial charge in [-0.05, 0) is 6.07 Å². The van der Waals surface area contributed by atoms with Gasteiger partial charge in [0.15, 0.2) is 0 Å². The minimum atomic E-state index is -4.71. The van der Waals surface area contributed by atoms with Gasteiger partial charge in [0.1, 0.15) is 5.51 Å². The molecule has 0 bridgehead atoms. The predicted molar refractivity (Wildman–Crippen MR) is 95.3 cm³/mol. The van der Waals surface area contributed by atoms with Crippen LogP contribution in [-0.4, -0.2) is 58.7 Å². The van der Waals surface area contributed by atoms with Gasteiger partial charge in [-0.3, -0.25) is 25.1 Å². The molecule has 1 aliphatic heterocycles. The number of nitrogens with one attached hydrogen (secondary N) is 1. The topological polar surface area (TPSA) is 104 Å². The highest BCUT2D eigenvalue weighted by Crippen LogP contribution is 2.39. The van der Waals surface area contributed by atoms with Gasteiger partial charge >= 0.3 is 6.18 Å². The van der Waals surface area contributed by atoms with Crippen molar-refractivity contribution < 1.29 is 22.9 Å². The third kappa shape index (κ3) is 4.72. The number of benzene rings is 1. The van der Waals surface area contributed by atoms with E-state index in [9.17, 15) is 28.1 Å².